The number of benzene rings is 1. The fourth-order valence-corrected chi connectivity index (χ4v) is 4.90. The molecule has 0 atom stereocenters. The molecule has 2 aromatic heterocycles. The second-order valence-corrected chi connectivity index (χ2v) is 9.60. The maximum absolute atomic E-state index is 13.2. The van der Waals surface area contributed by atoms with Crippen LogP contribution in [-0.4, -0.2) is 50.8 Å². The zero-order chi connectivity index (χ0) is 24.5. The van der Waals surface area contributed by atoms with Crippen LogP contribution in [0.4, 0.5) is 0 Å². The highest BCUT2D eigenvalue weighted by Crippen LogP contribution is 2.20. The van der Waals surface area contributed by atoms with Crippen LogP contribution in [-0.2, 0) is 13.1 Å². The maximum Gasteiger partial charge on any atom is 0.273 e. The first-order valence-electron chi connectivity index (χ1n) is 11.9. The van der Waals surface area contributed by atoms with Gasteiger partial charge in [-0.15, -0.1) is 11.3 Å². The summed E-state index contributed by atoms with van der Waals surface area (Å²) in [7, 11) is 0. The third kappa shape index (κ3) is 6.48. The number of thiazole rings is 1. The Morgan fingerprint density at radius 1 is 0.941 bits per heavy atom. The molecule has 0 saturated heterocycles. The summed E-state index contributed by atoms with van der Waals surface area (Å²) < 4.78 is 2.09. The van der Waals surface area contributed by atoms with E-state index in [4.69, 9.17) is 11.6 Å². The number of hydrogen-bond donors (Lipinski definition) is 0. The molecular formula is C26H33ClN4O2S. The predicted octanol–water partition coefficient (Wildman–Crippen LogP) is 5.96. The molecule has 2 amide bonds. The number of hydrogen-bond acceptors (Lipinski definition) is 4. The van der Waals surface area contributed by atoms with Gasteiger partial charge < -0.3 is 14.4 Å². The summed E-state index contributed by atoms with van der Waals surface area (Å²) in [6, 6.07) is 11.2. The molecule has 182 valence electrons. The number of aromatic nitrogens is 2. The quantitative estimate of drug-likeness (QED) is 0.308. The van der Waals surface area contributed by atoms with E-state index in [0.717, 1.165) is 43.1 Å². The van der Waals surface area contributed by atoms with Crippen molar-refractivity contribution in [3.05, 3.63) is 75.0 Å². The third-order valence-electron chi connectivity index (χ3n) is 5.51. The van der Waals surface area contributed by atoms with Gasteiger partial charge in [-0.1, -0.05) is 44.5 Å². The number of amides is 2. The molecule has 0 saturated carbocycles. The Hall–Kier alpha value is -2.64. The van der Waals surface area contributed by atoms with Gasteiger partial charge in [0.05, 0.1) is 23.7 Å². The first-order chi connectivity index (χ1) is 16.5. The zero-order valence-corrected chi connectivity index (χ0v) is 21.7. The van der Waals surface area contributed by atoms with Crippen LogP contribution in [0.2, 0.25) is 5.02 Å². The van der Waals surface area contributed by atoms with Gasteiger partial charge in [-0.25, -0.2) is 4.98 Å². The van der Waals surface area contributed by atoms with Crippen molar-refractivity contribution in [2.45, 2.75) is 53.1 Å². The van der Waals surface area contributed by atoms with Crippen molar-refractivity contribution in [3.8, 4) is 0 Å². The number of carbonyl (C=O) groups excluding carboxylic acids is 2. The first-order valence-corrected chi connectivity index (χ1v) is 13.2. The Kier molecular flexibility index (Phi) is 9.72. The van der Waals surface area contributed by atoms with Crippen molar-refractivity contribution in [2.75, 3.05) is 19.6 Å². The minimum absolute atomic E-state index is 0.00149. The second kappa shape index (κ2) is 12.7. The van der Waals surface area contributed by atoms with Crippen LogP contribution in [0.5, 0.6) is 0 Å². The van der Waals surface area contributed by atoms with Crippen molar-refractivity contribution >= 4 is 34.8 Å². The Bertz CT molecular complexity index is 1090. The van der Waals surface area contributed by atoms with Crippen molar-refractivity contribution in [1.29, 1.82) is 0 Å². The summed E-state index contributed by atoms with van der Waals surface area (Å²) in [6.45, 7) is 9.37. The monoisotopic (exact) mass is 500 g/mol. The lowest BCUT2D eigenvalue weighted by Gasteiger charge is -2.23. The highest BCUT2D eigenvalue weighted by molar-refractivity contribution is 7.09. The molecule has 0 spiro atoms. The third-order valence-corrected chi connectivity index (χ3v) is 6.68. The van der Waals surface area contributed by atoms with E-state index in [9.17, 15) is 9.59 Å². The Labute approximate surface area is 211 Å². The molecule has 0 aliphatic carbocycles. The minimum atomic E-state index is -0.0747. The molecule has 0 radical (unpaired) electrons. The van der Waals surface area contributed by atoms with Gasteiger partial charge in [0.15, 0.2) is 0 Å². The fourth-order valence-electron chi connectivity index (χ4n) is 3.91. The van der Waals surface area contributed by atoms with Crippen LogP contribution < -0.4 is 0 Å². The summed E-state index contributed by atoms with van der Waals surface area (Å²) in [6.07, 6.45) is 4.69. The van der Waals surface area contributed by atoms with Gasteiger partial charge in [0.1, 0.15) is 10.7 Å². The number of nitrogens with zero attached hydrogens (tertiary/aromatic N) is 4. The van der Waals surface area contributed by atoms with Crippen LogP contribution in [0.15, 0.2) is 48.0 Å². The summed E-state index contributed by atoms with van der Waals surface area (Å²) in [5, 5.41) is 3.18. The maximum atomic E-state index is 13.2. The van der Waals surface area contributed by atoms with Gasteiger partial charge in [-0.05, 0) is 43.5 Å². The van der Waals surface area contributed by atoms with Crippen molar-refractivity contribution in [3.63, 3.8) is 0 Å². The molecule has 0 aliphatic heterocycles. The van der Waals surface area contributed by atoms with E-state index in [1.54, 1.807) is 12.1 Å². The molecule has 0 fully saturated rings. The molecule has 0 N–H and O–H groups in total. The fraction of sp³-hybridized carbons (Fsp3) is 0.423. The lowest BCUT2D eigenvalue weighted by atomic mass is 10.2. The average Bonchev–Trinajstić information content (AvgIpc) is 3.48. The largest absolute Gasteiger partial charge is 0.343 e. The van der Waals surface area contributed by atoms with E-state index >= 15 is 0 Å². The van der Waals surface area contributed by atoms with E-state index in [1.807, 2.05) is 45.6 Å². The molecule has 0 bridgehead atoms. The molecule has 2 heterocycles. The molecule has 8 heteroatoms. The van der Waals surface area contributed by atoms with Crippen molar-refractivity contribution in [1.82, 2.24) is 19.4 Å². The van der Waals surface area contributed by atoms with Gasteiger partial charge in [-0.3, -0.25) is 9.59 Å². The van der Waals surface area contributed by atoms with Crippen molar-refractivity contribution in [2.24, 2.45) is 0 Å². The summed E-state index contributed by atoms with van der Waals surface area (Å²) in [5.41, 5.74) is 2.04. The van der Waals surface area contributed by atoms with Crippen LogP contribution >= 0.6 is 22.9 Å². The van der Waals surface area contributed by atoms with Gasteiger partial charge in [0.25, 0.3) is 11.8 Å². The topological polar surface area (TPSA) is 58.4 Å². The number of carbonyl (C=O) groups is 2. The average molecular weight is 501 g/mol. The Balaban J connectivity index is 1.74. The van der Waals surface area contributed by atoms with Gasteiger partial charge in [0.2, 0.25) is 0 Å². The predicted molar refractivity (Wildman–Crippen MR) is 139 cm³/mol. The lowest BCUT2D eigenvalue weighted by molar-refractivity contribution is 0.0735. The van der Waals surface area contributed by atoms with Crippen LogP contribution in [0.1, 0.15) is 71.6 Å². The molecule has 34 heavy (non-hydrogen) atoms. The summed E-state index contributed by atoms with van der Waals surface area (Å²) in [4.78, 5) is 34.4. The molecule has 3 aromatic rings. The molecular weight excluding hydrogens is 468 g/mol. The highest BCUT2D eigenvalue weighted by Gasteiger charge is 2.20. The van der Waals surface area contributed by atoms with Crippen LogP contribution in [0.3, 0.4) is 0 Å². The molecule has 6 nitrogen and oxygen atoms in total. The Morgan fingerprint density at radius 2 is 1.62 bits per heavy atom. The van der Waals surface area contributed by atoms with E-state index < -0.39 is 0 Å². The van der Waals surface area contributed by atoms with Gasteiger partial charge >= 0.3 is 0 Å². The number of halogens is 1. The normalized spacial score (nSPS) is 10.9. The van der Waals surface area contributed by atoms with Gasteiger partial charge in [0, 0.05) is 36.9 Å². The SMILES string of the molecule is CCCN(CCC)C(=O)c1csc(Cn2cccc2CN(CCC)C(=O)c2ccccc2Cl)n1. The minimum Gasteiger partial charge on any atom is -0.343 e. The lowest BCUT2D eigenvalue weighted by Crippen LogP contribution is -2.32. The zero-order valence-electron chi connectivity index (χ0n) is 20.2. The van der Waals surface area contributed by atoms with Crippen LogP contribution in [0.25, 0.3) is 0 Å². The number of rotatable bonds is 12. The molecule has 1 aromatic carbocycles. The van der Waals surface area contributed by atoms with E-state index in [0.29, 0.717) is 35.9 Å². The summed E-state index contributed by atoms with van der Waals surface area (Å²) in [5.74, 6) is -0.0762. The first kappa shape index (κ1) is 26.0. The molecule has 3 rings (SSSR count). The molecule has 0 aliphatic rings. The summed E-state index contributed by atoms with van der Waals surface area (Å²) >= 11 is 7.78. The second-order valence-electron chi connectivity index (χ2n) is 8.25. The van der Waals surface area contributed by atoms with E-state index in [1.165, 1.54) is 11.3 Å². The van der Waals surface area contributed by atoms with Gasteiger partial charge in [-0.2, -0.15) is 0 Å². The van der Waals surface area contributed by atoms with E-state index in [-0.39, 0.29) is 11.8 Å². The molecule has 0 unspecified atom stereocenters. The Morgan fingerprint density at radius 3 is 2.29 bits per heavy atom. The van der Waals surface area contributed by atoms with E-state index in [2.05, 4.69) is 30.3 Å². The van der Waals surface area contributed by atoms with Crippen LogP contribution in [0, 0.1) is 0 Å². The standard InChI is InChI=1S/C26H33ClN4O2S/c1-4-13-29(14-5-2)26(33)23-19-34-24(28-23)18-30-16-9-10-20(30)17-31(15-6-3)25(32)21-11-7-8-12-22(21)27/h7-12,16,19H,4-6,13-15,17-18H2,1-3H3. The smallest absolute Gasteiger partial charge is 0.273 e. The highest BCUT2D eigenvalue weighted by atomic mass is 35.5. The van der Waals surface area contributed by atoms with Crippen molar-refractivity contribution < 1.29 is 9.59 Å².